The minimum absolute atomic E-state index is 0.229. The third kappa shape index (κ3) is 3.47. The van der Waals surface area contributed by atoms with E-state index in [0.717, 1.165) is 25.2 Å². The van der Waals surface area contributed by atoms with Gasteiger partial charge in [-0.3, -0.25) is 4.90 Å². The first-order valence-electron chi connectivity index (χ1n) is 5.72. The third-order valence-corrected chi connectivity index (χ3v) is 3.34. The lowest BCUT2D eigenvalue weighted by atomic mass is 10.2. The fraction of sp³-hybridized carbons (Fsp3) is 0.583. The molecule has 0 amide bonds. The highest BCUT2D eigenvalue weighted by Gasteiger charge is 2.22. The molecule has 1 aromatic rings. The van der Waals surface area contributed by atoms with Crippen molar-refractivity contribution in [3.63, 3.8) is 0 Å². The monoisotopic (exact) mass is 302 g/mol. The van der Waals surface area contributed by atoms with E-state index in [4.69, 9.17) is 4.74 Å². The van der Waals surface area contributed by atoms with Gasteiger partial charge in [0.1, 0.15) is 4.60 Å². The van der Waals surface area contributed by atoms with Gasteiger partial charge in [0.25, 0.3) is 0 Å². The van der Waals surface area contributed by atoms with Gasteiger partial charge in [-0.15, -0.1) is 0 Å². The van der Waals surface area contributed by atoms with Crippen LogP contribution in [-0.4, -0.2) is 35.2 Å². The molecule has 2 rings (SSSR count). The Bertz CT molecular complexity index is 392. The van der Waals surface area contributed by atoms with Crippen molar-refractivity contribution in [3.8, 4) is 0 Å². The molecule has 1 aromatic heterocycles. The molecule has 17 heavy (non-hydrogen) atoms. The van der Waals surface area contributed by atoms with Gasteiger partial charge in [0.2, 0.25) is 0 Å². The van der Waals surface area contributed by atoms with Crippen LogP contribution < -0.4 is 0 Å². The first kappa shape index (κ1) is 12.9. The Morgan fingerprint density at radius 2 is 2.12 bits per heavy atom. The number of hydrogen-bond acceptors (Lipinski definition) is 3. The number of hydrogen-bond donors (Lipinski definition) is 0. The molecule has 1 aliphatic rings. The fourth-order valence-corrected chi connectivity index (χ4v) is 2.44. The van der Waals surface area contributed by atoms with E-state index in [1.165, 1.54) is 6.07 Å². The lowest BCUT2D eigenvalue weighted by Crippen LogP contribution is -2.44. The van der Waals surface area contributed by atoms with Crippen molar-refractivity contribution in [2.45, 2.75) is 32.6 Å². The summed E-state index contributed by atoms with van der Waals surface area (Å²) < 4.78 is 19.3. The molecule has 0 saturated carbocycles. The minimum Gasteiger partial charge on any atom is -0.373 e. The van der Waals surface area contributed by atoms with Gasteiger partial charge < -0.3 is 4.74 Å². The van der Waals surface area contributed by atoms with E-state index in [9.17, 15) is 4.39 Å². The molecule has 2 unspecified atom stereocenters. The Hall–Kier alpha value is -0.520. The van der Waals surface area contributed by atoms with Crippen LogP contribution in [0.4, 0.5) is 4.39 Å². The summed E-state index contributed by atoms with van der Waals surface area (Å²) in [4.78, 5) is 6.23. The summed E-state index contributed by atoms with van der Waals surface area (Å²) >= 11 is 3.05. The molecule has 0 radical (unpaired) electrons. The van der Waals surface area contributed by atoms with Crippen LogP contribution in [0.2, 0.25) is 0 Å². The lowest BCUT2D eigenvalue weighted by molar-refractivity contribution is -0.0705. The Balaban J connectivity index is 2.02. The second-order valence-corrected chi connectivity index (χ2v) is 5.32. The summed E-state index contributed by atoms with van der Waals surface area (Å²) in [5.74, 6) is -0.308. The van der Waals surface area contributed by atoms with Crippen LogP contribution in [-0.2, 0) is 11.3 Å². The van der Waals surface area contributed by atoms with Gasteiger partial charge in [0.05, 0.1) is 12.2 Å². The average Bonchev–Trinajstić information content (AvgIpc) is 2.22. The van der Waals surface area contributed by atoms with Gasteiger partial charge in [-0.1, -0.05) is 0 Å². The van der Waals surface area contributed by atoms with E-state index in [-0.39, 0.29) is 22.6 Å². The maximum atomic E-state index is 13.3. The number of morpholine rings is 1. The molecule has 0 aliphatic carbocycles. The fourth-order valence-electron chi connectivity index (χ4n) is 2.22. The molecule has 1 aliphatic heterocycles. The van der Waals surface area contributed by atoms with E-state index in [1.807, 2.05) is 0 Å². The second-order valence-electron chi connectivity index (χ2n) is 4.57. The summed E-state index contributed by atoms with van der Waals surface area (Å²) in [5, 5.41) is 0. The van der Waals surface area contributed by atoms with Crippen LogP contribution in [0.3, 0.4) is 0 Å². The van der Waals surface area contributed by atoms with Gasteiger partial charge >= 0.3 is 0 Å². The quantitative estimate of drug-likeness (QED) is 0.785. The van der Waals surface area contributed by atoms with Crippen LogP contribution in [0.1, 0.15) is 19.4 Å². The van der Waals surface area contributed by atoms with Crippen molar-refractivity contribution in [3.05, 3.63) is 28.2 Å². The number of ether oxygens (including phenoxy) is 1. The van der Waals surface area contributed by atoms with Crippen LogP contribution in [0, 0.1) is 5.82 Å². The molecule has 0 spiro atoms. The molecule has 2 atom stereocenters. The maximum absolute atomic E-state index is 13.3. The molecule has 1 saturated heterocycles. The summed E-state index contributed by atoms with van der Waals surface area (Å²) in [6.45, 7) is 6.59. The maximum Gasteiger partial charge on any atom is 0.156 e. The second kappa shape index (κ2) is 5.42. The van der Waals surface area contributed by atoms with E-state index in [1.54, 1.807) is 6.20 Å². The zero-order valence-corrected chi connectivity index (χ0v) is 11.6. The van der Waals surface area contributed by atoms with E-state index in [2.05, 4.69) is 39.7 Å². The molecule has 0 aromatic carbocycles. The van der Waals surface area contributed by atoms with Crippen molar-refractivity contribution >= 4 is 15.9 Å². The van der Waals surface area contributed by atoms with Crippen molar-refractivity contribution in [1.29, 1.82) is 0 Å². The van der Waals surface area contributed by atoms with E-state index < -0.39 is 0 Å². The molecule has 0 N–H and O–H groups in total. The Labute approximate surface area is 109 Å². The van der Waals surface area contributed by atoms with E-state index >= 15 is 0 Å². The summed E-state index contributed by atoms with van der Waals surface area (Å²) in [7, 11) is 0. The van der Waals surface area contributed by atoms with Gasteiger partial charge in [-0.25, -0.2) is 9.37 Å². The van der Waals surface area contributed by atoms with Crippen molar-refractivity contribution < 1.29 is 9.13 Å². The predicted molar refractivity (Wildman–Crippen MR) is 67.2 cm³/mol. The summed E-state index contributed by atoms with van der Waals surface area (Å²) in [5.41, 5.74) is 0.895. The minimum atomic E-state index is -0.308. The van der Waals surface area contributed by atoms with Crippen LogP contribution >= 0.6 is 15.9 Å². The van der Waals surface area contributed by atoms with E-state index in [0.29, 0.717) is 0 Å². The first-order chi connectivity index (χ1) is 8.04. The van der Waals surface area contributed by atoms with Crippen LogP contribution in [0.15, 0.2) is 16.9 Å². The lowest BCUT2D eigenvalue weighted by Gasteiger charge is -2.35. The smallest absolute Gasteiger partial charge is 0.156 e. The highest BCUT2D eigenvalue weighted by Crippen LogP contribution is 2.17. The molecule has 5 heteroatoms. The van der Waals surface area contributed by atoms with Crippen LogP contribution in [0.25, 0.3) is 0 Å². The number of pyridine rings is 1. The van der Waals surface area contributed by atoms with Crippen molar-refractivity contribution in [2.24, 2.45) is 0 Å². The summed E-state index contributed by atoms with van der Waals surface area (Å²) in [6, 6.07) is 1.53. The standard InChI is InChI=1S/C12H16BrFN2O/c1-8-5-16(6-9(2)17-8)7-10-3-11(14)12(13)15-4-10/h3-4,8-9H,5-7H2,1-2H3. The van der Waals surface area contributed by atoms with Gasteiger partial charge in [-0.2, -0.15) is 0 Å². The zero-order chi connectivity index (χ0) is 12.4. The molecule has 0 bridgehead atoms. The molecule has 2 heterocycles. The SMILES string of the molecule is CC1CN(Cc2cnc(Br)c(F)c2)CC(C)O1. The Kier molecular flexibility index (Phi) is 4.12. The number of nitrogens with zero attached hydrogens (tertiary/aromatic N) is 2. The van der Waals surface area contributed by atoms with Gasteiger partial charge in [0.15, 0.2) is 5.82 Å². The number of halogens is 2. The average molecular weight is 303 g/mol. The first-order valence-corrected chi connectivity index (χ1v) is 6.51. The molecular formula is C12H16BrFN2O. The largest absolute Gasteiger partial charge is 0.373 e. The molecule has 3 nitrogen and oxygen atoms in total. The summed E-state index contributed by atoms with van der Waals surface area (Å²) in [6.07, 6.45) is 2.16. The van der Waals surface area contributed by atoms with Gasteiger partial charge in [-0.05, 0) is 41.4 Å². The van der Waals surface area contributed by atoms with Crippen molar-refractivity contribution in [1.82, 2.24) is 9.88 Å². The van der Waals surface area contributed by atoms with Crippen molar-refractivity contribution in [2.75, 3.05) is 13.1 Å². The molecule has 94 valence electrons. The number of rotatable bonds is 2. The number of aromatic nitrogens is 1. The van der Waals surface area contributed by atoms with Gasteiger partial charge in [0, 0.05) is 25.8 Å². The Morgan fingerprint density at radius 1 is 1.47 bits per heavy atom. The normalized spacial score (nSPS) is 26.1. The highest BCUT2D eigenvalue weighted by atomic mass is 79.9. The molecular weight excluding hydrogens is 287 g/mol. The third-order valence-electron chi connectivity index (χ3n) is 2.75. The Morgan fingerprint density at radius 3 is 2.71 bits per heavy atom. The topological polar surface area (TPSA) is 25.4 Å². The highest BCUT2D eigenvalue weighted by molar-refractivity contribution is 9.10. The molecule has 1 fully saturated rings. The predicted octanol–water partition coefficient (Wildman–Crippen LogP) is 2.59. The van der Waals surface area contributed by atoms with Crippen LogP contribution in [0.5, 0.6) is 0 Å². The zero-order valence-electron chi connectivity index (χ0n) is 9.99.